The molecule has 3 aliphatic carbocycles. The molecule has 7 rings (SSSR count). The van der Waals surface area contributed by atoms with Gasteiger partial charge in [0.1, 0.15) is 0 Å². The van der Waals surface area contributed by atoms with Crippen LogP contribution in [0.3, 0.4) is 0 Å². The molecule has 31 heavy (non-hydrogen) atoms. The Morgan fingerprint density at radius 1 is 1.10 bits per heavy atom. The molecule has 1 aromatic carbocycles. The summed E-state index contributed by atoms with van der Waals surface area (Å²) in [5, 5.41) is 13.0. The first-order valence-electron chi connectivity index (χ1n) is 12.2. The highest BCUT2D eigenvalue weighted by molar-refractivity contribution is 5.82. The normalized spacial score (nSPS) is 43.1. The van der Waals surface area contributed by atoms with Crippen LogP contribution in [0.4, 0.5) is 0 Å². The van der Waals surface area contributed by atoms with Gasteiger partial charge in [-0.2, -0.15) is 0 Å². The fraction of sp³-hybridized carbons (Fsp3) is 0.536. The highest BCUT2D eigenvalue weighted by Gasteiger charge is 2.66. The molecule has 1 saturated heterocycles. The number of aliphatic hydroxyl groups is 1. The van der Waals surface area contributed by atoms with E-state index >= 15 is 0 Å². The number of allylic oxidation sites excluding steroid dienone is 1. The van der Waals surface area contributed by atoms with Gasteiger partial charge in [0.25, 0.3) is 0 Å². The van der Waals surface area contributed by atoms with E-state index in [0.717, 1.165) is 38.5 Å². The van der Waals surface area contributed by atoms with Crippen LogP contribution in [-0.2, 0) is 4.74 Å². The van der Waals surface area contributed by atoms with Gasteiger partial charge in [0.15, 0.2) is 0 Å². The maximum Gasteiger partial charge on any atom is 0.0974 e. The molecule has 2 bridgehead atoms. The molecule has 5 aliphatic rings. The van der Waals surface area contributed by atoms with Crippen molar-refractivity contribution in [3.05, 3.63) is 65.5 Å². The predicted octanol–water partition coefficient (Wildman–Crippen LogP) is 5.84. The molecule has 2 unspecified atom stereocenters. The summed E-state index contributed by atoms with van der Waals surface area (Å²) in [6.45, 7) is 2.52. The number of hydrogen-bond acceptors (Lipinski definition) is 3. The molecule has 2 saturated carbocycles. The maximum atomic E-state index is 10.4. The minimum absolute atomic E-state index is 0.138. The van der Waals surface area contributed by atoms with E-state index in [4.69, 9.17) is 4.74 Å². The lowest BCUT2D eigenvalue weighted by Crippen LogP contribution is -2.54. The second-order valence-electron chi connectivity index (χ2n) is 11.1. The highest BCUT2D eigenvalue weighted by atomic mass is 16.5. The second kappa shape index (κ2) is 6.08. The molecule has 1 N–H and O–H groups in total. The number of rotatable bonds is 1. The lowest BCUT2D eigenvalue weighted by molar-refractivity contribution is -0.144. The van der Waals surface area contributed by atoms with E-state index in [1.54, 1.807) is 0 Å². The van der Waals surface area contributed by atoms with Crippen LogP contribution in [0, 0.1) is 11.3 Å². The van der Waals surface area contributed by atoms with Gasteiger partial charge in [-0.15, -0.1) is 0 Å². The molecule has 3 heterocycles. The van der Waals surface area contributed by atoms with E-state index in [9.17, 15) is 5.11 Å². The Morgan fingerprint density at radius 3 is 2.97 bits per heavy atom. The van der Waals surface area contributed by atoms with Crippen molar-refractivity contribution in [3.8, 4) is 0 Å². The molecule has 2 aliphatic heterocycles. The van der Waals surface area contributed by atoms with Gasteiger partial charge in [0.05, 0.1) is 17.3 Å². The molecule has 3 heteroatoms. The summed E-state index contributed by atoms with van der Waals surface area (Å²) in [4.78, 5) is 4.35. The number of aliphatic hydroxyl groups excluding tert-OH is 1. The fourth-order valence-electron chi connectivity index (χ4n) is 8.25. The first kappa shape index (κ1) is 18.6. The Bertz CT molecular complexity index is 1150. The molecule has 2 aromatic rings. The number of hydrogen-bond donors (Lipinski definition) is 1. The van der Waals surface area contributed by atoms with Crippen molar-refractivity contribution in [2.24, 2.45) is 11.3 Å². The predicted molar refractivity (Wildman–Crippen MR) is 122 cm³/mol. The van der Waals surface area contributed by atoms with E-state index in [2.05, 4.69) is 48.3 Å². The van der Waals surface area contributed by atoms with Gasteiger partial charge in [-0.1, -0.05) is 31.2 Å². The Balaban J connectivity index is 1.31. The summed E-state index contributed by atoms with van der Waals surface area (Å²) in [6.07, 6.45) is 17.1. The van der Waals surface area contributed by atoms with E-state index in [1.807, 2.05) is 12.4 Å². The zero-order valence-electron chi connectivity index (χ0n) is 18.3. The first-order chi connectivity index (χ1) is 15.0. The monoisotopic (exact) mass is 413 g/mol. The SMILES string of the molecule is C[C@@]12CC=C3C=C4CCC(O)C[C@]45CC[C@]3(O5)[C@@H]1CCC2c1ccc2ccncc2c1. The summed E-state index contributed by atoms with van der Waals surface area (Å²) in [7, 11) is 0. The lowest BCUT2D eigenvalue weighted by Gasteiger charge is -2.54. The fourth-order valence-corrected chi connectivity index (χ4v) is 8.25. The van der Waals surface area contributed by atoms with E-state index in [-0.39, 0.29) is 22.7 Å². The van der Waals surface area contributed by atoms with Gasteiger partial charge in [0, 0.05) is 24.2 Å². The van der Waals surface area contributed by atoms with Crippen LogP contribution in [0.25, 0.3) is 10.8 Å². The van der Waals surface area contributed by atoms with Crippen LogP contribution >= 0.6 is 0 Å². The second-order valence-corrected chi connectivity index (χ2v) is 11.1. The van der Waals surface area contributed by atoms with Gasteiger partial charge in [0.2, 0.25) is 0 Å². The molecule has 3 nitrogen and oxygen atoms in total. The van der Waals surface area contributed by atoms with Crippen LogP contribution < -0.4 is 0 Å². The molecule has 2 spiro atoms. The summed E-state index contributed by atoms with van der Waals surface area (Å²) in [6, 6.07) is 9.10. The van der Waals surface area contributed by atoms with E-state index < -0.39 is 0 Å². The molecule has 0 amide bonds. The molecule has 3 fully saturated rings. The van der Waals surface area contributed by atoms with Crippen LogP contribution in [0.5, 0.6) is 0 Å². The highest BCUT2D eigenvalue weighted by Crippen LogP contribution is 2.69. The number of nitrogens with zero attached hydrogens (tertiary/aromatic N) is 1. The van der Waals surface area contributed by atoms with Crippen LogP contribution in [0.1, 0.15) is 69.8 Å². The van der Waals surface area contributed by atoms with Gasteiger partial charge in [-0.25, -0.2) is 0 Å². The van der Waals surface area contributed by atoms with Crippen molar-refractivity contribution in [2.45, 2.75) is 81.5 Å². The Labute approximate surface area is 184 Å². The van der Waals surface area contributed by atoms with Crippen molar-refractivity contribution in [1.29, 1.82) is 0 Å². The summed E-state index contributed by atoms with van der Waals surface area (Å²) in [5.74, 6) is 1.10. The third-order valence-electron chi connectivity index (χ3n) is 9.72. The average Bonchev–Trinajstić information content (AvgIpc) is 3.28. The Hall–Kier alpha value is -1.97. The zero-order chi connectivity index (χ0) is 20.8. The van der Waals surface area contributed by atoms with Crippen molar-refractivity contribution in [3.63, 3.8) is 0 Å². The van der Waals surface area contributed by atoms with Crippen LogP contribution in [0.15, 0.2) is 60.0 Å². The number of pyridine rings is 1. The van der Waals surface area contributed by atoms with E-state index in [1.165, 1.54) is 40.3 Å². The lowest BCUT2D eigenvalue weighted by atomic mass is 9.58. The van der Waals surface area contributed by atoms with E-state index in [0.29, 0.717) is 11.8 Å². The minimum Gasteiger partial charge on any atom is -0.393 e. The van der Waals surface area contributed by atoms with Gasteiger partial charge < -0.3 is 9.84 Å². The Morgan fingerprint density at radius 2 is 2.03 bits per heavy atom. The van der Waals surface area contributed by atoms with Crippen LogP contribution in [-0.4, -0.2) is 27.4 Å². The molecule has 0 radical (unpaired) electrons. The molecular weight excluding hydrogens is 382 g/mol. The molecule has 6 atom stereocenters. The third-order valence-corrected chi connectivity index (χ3v) is 9.72. The van der Waals surface area contributed by atoms with Crippen molar-refractivity contribution in [2.75, 3.05) is 0 Å². The van der Waals surface area contributed by atoms with Crippen molar-refractivity contribution in [1.82, 2.24) is 4.98 Å². The van der Waals surface area contributed by atoms with Crippen LogP contribution in [0.2, 0.25) is 0 Å². The number of aromatic nitrogens is 1. The molecule has 160 valence electrons. The Kier molecular flexibility index (Phi) is 3.65. The summed E-state index contributed by atoms with van der Waals surface area (Å²) in [5.41, 5.74) is 4.26. The van der Waals surface area contributed by atoms with Gasteiger partial charge in [-0.05, 0) is 96.4 Å². The van der Waals surface area contributed by atoms with Crippen molar-refractivity contribution >= 4 is 10.8 Å². The average molecular weight is 414 g/mol. The molecule has 1 aromatic heterocycles. The summed E-state index contributed by atoms with van der Waals surface area (Å²) < 4.78 is 7.18. The first-order valence-corrected chi connectivity index (χ1v) is 12.2. The van der Waals surface area contributed by atoms with Gasteiger partial charge in [-0.3, -0.25) is 4.98 Å². The minimum atomic E-state index is -0.213. The maximum absolute atomic E-state index is 10.4. The number of ether oxygens (including phenoxy) is 1. The quantitative estimate of drug-likeness (QED) is 0.639. The van der Waals surface area contributed by atoms with Crippen molar-refractivity contribution < 1.29 is 9.84 Å². The third kappa shape index (κ3) is 2.34. The van der Waals surface area contributed by atoms with Gasteiger partial charge >= 0.3 is 0 Å². The summed E-state index contributed by atoms with van der Waals surface area (Å²) >= 11 is 0. The standard InChI is InChI=1S/C28H31NO2/c1-26-10-8-22-15-21-4-5-23(30)16-27(21)11-12-28(22,31-27)25(26)7-6-24(26)19-3-2-18-9-13-29-17-20(18)14-19/h2-3,8-9,13-15,17,23-25,30H,4-7,10-12,16H2,1H3/t23?,24?,25-,26+,27-,28-/m1/s1. The zero-order valence-corrected chi connectivity index (χ0v) is 18.3. The topological polar surface area (TPSA) is 42.4 Å². The largest absolute Gasteiger partial charge is 0.393 e. The smallest absolute Gasteiger partial charge is 0.0974 e. The molecular formula is C28H31NO2. The number of benzene rings is 1. The number of fused-ring (bicyclic) bond motifs is 2.